The summed E-state index contributed by atoms with van der Waals surface area (Å²) in [6, 6.07) is 29.6. The number of benzene rings is 3. The normalized spacial score (nSPS) is 11.6. The zero-order valence-electron chi connectivity index (χ0n) is 20.6. The summed E-state index contributed by atoms with van der Waals surface area (Å²) in [6.45, 7) is 3.15. The van der Waals surface area contributed by atoms with Crippen molar-refractivity contribution >= 4 is 23.6 Å². The Balaban J connectivity index is 1.75. The molecule has 3 rings (SSSR count). The average molecular weight is 489 g/mol. The molecule has 184 valence electrons. The van der Waals surface area contributed by atoms with Gasteiger partial charge in [0.05, 0.1) is 0 Å². The molecular formula is C30H36N2O2S. The van der Waals surface area contributed by atoms with E-state index in [-0.39, 0.29) is 11.8 Å². The third-order valence-electron chi connectivity index (χ3n) is 5.87. The van der Waals surface area contributed by atoms with Gasteiger partial charge in [0.15, 0.2) is 0 Å². The molecule has 0 radical (unpaired) electrons. The number of nitrogens with one attached hydrogen (secondary N) is 1. The Morgan fingerprint density at radius 1 is 0.829 bits per heavy atom. The summed E-state index contributed by atoms with van der Waals surface area (Å²) in [5.41, 5.74) is 3.33. The van der Waals surface area contributed by atoms with Crippen LogP contribution in [0.25, 0.3) is 0 Å². The van der Waals surface area contributed by atoms with Crippen molar-refractivity contribution in [2.45, 2.75) is 50.9 Å². The first kappa shape index (κ1) is 26.6. The number of nitrogens with zero attached hydrogens (tertiary/aromatic N) is 1. The van der Waals surface area contributed by atoms with Crippen LogP contribution in [-0.2, 0) is 28.3 Å². The molecular weight excluding hydrogens is 452 g/mol. The number of unbranched alkanes of at least 4 members (excludes halogenated alkanes) is 1. The third kappa shape index (κ3) is 9.25. The van der Waals surface area contributed by atoms with Gasteiger partial charge < -0.3 is 10.2 Å². The lowest BCUT2D eigenvalue weighted by atomic mass is 10.0. The minimum absolute atomic E-state index is 0.0148. The van der Waals surface area contributed by atoms with Crippen LogP contribution in [0.4, 0.5) is 0 Å². The van der Waals surface area contributed by atoms with Crippen LogP contribution in [0, 0.1) is 0 Å². The highest BCUT2D eigenvalue weighted by Crippen LogP contribution is 2.18. The molecule has 0 aromatic heterocycles. The average Bonchev–Trinajstić information content (AvgIpc) is 2.90. The molecule has 3 aromatic rings. The van der Waals surface area contributed by atoms with Gasteiger partial charge >= 0.3 is 0 Å². The number of hydrogen-bond acceptors (Lipinski definition) is 3. The van der Waals surface area contributed by atoms with Gasteiger partial charge in [-0.15, -0.1) is 0 Å². The van der Waals surface area contributed by atoms with Gasteiger partial charge in [0, 0.05) is 37.4 Å². The maximum atomic E-state index is 13.6. The highest BCUT2D eigenvalue weighted by atomic mass is 32.2. The van der Waals surface area contributed by atoms with E-state index in [0.717, 1.165) is 29.7 Å². The van der Waals surface area contributed by atoms with Crippen LogP contribution in [-0.4, -0.2) is 35.1 Å². The molecule has 1 unspecified atom stereocenters. The molecule has 0 aliphatic rings. The van der Waals surface area contributed by atoms with Crippen LogP contribution >= 0.6 is 11.8 Å². The molecule has 35 heavy (non-hydrogen) atoms. The van der Waals surface area contributed by atoms with Gasteiger partial charge in [-0.3, -0.25) is 9.59 Å². The van der Waals surface area contributed by atoms with Gasteiger partial charge in [-0.05, 0) is 23.1 Å². The Morgan fingerprint density at radius 2 is 1.40 bits per heavy atom. The van der Waals surface area contributed by atoms with E-state index in [9.17, 15) is 9.59 Å². The van der Waals surface area contributed by atoms with E-state index in [1.807, 2.05) is 78.9 Å². The summed E-state index contributed by atoms with van der Waals surface area (Å²) in [6.07, 6.45) is 2.83. The smallest absolute Gasteiger partial charge is 0.243 e. The molecule has 0 bridgehead atoms. The standard InChI is InChI=1S/C30H36N2O2S/c1-2-3-20-31-30(34)28(22-25-13-7-4-8-14-25)32(23-26-15-9-5-10-16-26)29(33)19-21-35-24-27-17-11-6-12-18-27/h4-18,28H,2-3,19-24H2,1H3,(H,31,34). The number of thioether (sulfide) groups is 1. The summed E-state index contributed by atoms with van der Waals surface area (Å²) in [7, 11) is 0. The predicted molar refractivity (Wildman–Crippen MR) is 146 cm³/mol. The van der Waals surface area contributed by atoms with Gasteiger partial charge in [0.1, 0.15) is 6.04 Å². The molecule has 1 N–H and O–H groups in total. The van der Waals surface area contributed by atoms with E-state index in [4.69, 9.17) is 0 Å². The fraction of sp³-hybridized carbons (Fsp3) is 0.333. The first-order chi connectivity index (χ1) is 17.2. The zero-order valence-corrected chi connectivity index (χ0v) is 21.4. The number of amides is 2. The maximum absolute atomic E-state index is 13.6. The van der Waals surface area contributed by atoms with Crippen molar-refractivity contribution in [1.82, 2.24) is 10.2 Å². The van der Waals surface area contributed by atoms with Crippen molar-refractivity contribution in [3.05, 3.63) is 108 Å². The summed E-state index contributed by atoms with van der Waals surface area (Å²) in [5, 5.41) is 3.08. The van der Waals surface area contributed by atoms with Crippen LogP contribution < -0.4 is 5.32 Å². The van der Waals surface area contributed by atoms with Gasteiger partial charge in [-0.25, -0.2) is 0 Å². The Kier molecular flexibility index (Phi) is 11.4. The fourth-order valence-corrected chi connectivity index (χ4v) is 4.80. The predicted octanol–water partition coefficient (Wildman–Crippen LogP) is 5.87. The lowest BCUT2D eigenvalue weighted by Gasteiger charge is -2.31. The first-order valence-electron chi connectivity index (χ1n) is 12.4. The van der Waals surface area contributed by atoms with Crippen LogP contribution in [0.5, 0.6) is 0 Å². The Morgan fingerprint density at radius 3 is 2.00 bits per heavy atom. The number of carbonyl (C=O) groups is 2. The summed E-state index contributed by atoms with van der Waals surface area (Å²) < 4.78 is 0. The number of carbonyl (C=O) groups excluding carboxylic acids is 2. The third-order valence-corrected chi connectivity index (χ3v) is 6.90. The van der Waals surface area contributed by atoms with Gasteiger partial charge in [-0.2, -0.15) is 11.8 Å². The highest BCUT2D eigenvalue weighted by Gasteiger charge is 2.29. The van der Waals surface area contributed by atoms with Crippen LogP contribution in [0.1, 0.15) is 42.9 Å². The second-order valence-corrected chi connectivity index (χ2v) is 9.75. The molecule has 0 heterocycles. The van der Waals surface area contributed by atoms with Crippen molar-refractivity contribution < 1.29 is 9.59 Å². The van der Waals surface area contributed by atoms with Crippen molar-refractivity contribution in [1.29, 1.82) is 0 Å². The van der Waals surface area contributed by atoms with E-state index in [2.05, 4.69) is 24.4 Å². The molecule has 0 saturated heterocycles. The second-order valence-electron chi connectivity index (χ2n) is 8.65. The first-order valence-corrected chi connectivity index (χ1v) is 13.6. The zero-order chi connectivity index (χ0) is 24.7. The quantitative estimate of drug-likeness (QED) is 0.289. The minimum atomic E-state index is -0.555. The van der Waals surface area contributed by atoms with Crippen molar-refractivity contribution in [3.8, 4) is 0 Å². The fourth-order valence-electron chi connectivity index (χ4n) is 3.91. The minimum Gasteiger partial charge on any atom is -0.354 e. The Bertz CT molecular complexity index is 1010. The lowest BCUT2D eigenvalue weighted by Crippen LogP contribution is -2.50. The Hall–Kier alpha value is -3.05. The molecule has 0 fully saturated rings. The topological polar surface area (TPSA) is 49.4 Å². The van der Waals surface area contributed by atoms with Gasteiger partial charge in [0.2, 0.25) is 11.8 Å². The molecule has 4 nitrogen and oxygen atoms in total. The van der Waals surface area contributed by atoms with Gasteiger partial charge in [0.25, 0.3) is 0 Å². The van der Waals surface area contributed by atoms with Crippen molar-refractivity contribution in [3.63, 3.8) is 0 Å². The molecule has 0 aliphatic heterocycles. The monoisotopic (exact) mass is 488 g/mol. The molecule has 1 atom stereocenters. The van der Waals surface area contributed by atoms with Gasteiger partial charge in [-0.1, -0.05) is 104 Å². The van der Waals surface area contributed by atoms with E-state index < -0.39 is 6.04 Å². The van der Waals surface area contributed by atoms with E-state index in [1.165, 1.54) is 5.56 Å². The Labute approximate surface area is 214 Å². The van der Waals surface area contributed by atoms with Crippen LogP contribution in [0.2, 0.25) is 0 Å². The van der Waals surface area contributed by atoms with E-state index in [1.54, 1.807) is 16.7 Å². The largest absolute Gasteiger partial charge is 0.354 e. The molecule has 3 aromatic carbocycles. The maximum Gasteiger partial charge on any atom is 0.243 e. The molecule has 0 aliphatic carbocycles. The molecule has 5 heteroatoms. The summed E-state index contributed by atoms with van der Waals surface area (Å²) in [4.78, 5) is 28.7. The van der Waals surface area contributed by atoms with E-state index >= 15 is 0 Å². The summed E-state index contributed by atoms with van der Waals surface area (Å²) in [5.74, 6) is 1.52. The van der Waals surface area contributed by atoms with Crippen LogP contribution in [0.3, 0.4) is 0 Å². The van der Waals surface area contributed by atoms with Crippen LogP contribution in [0.15, 0.2) is 91.0 Å². The highest BCUT2D eigenvalue weighted by molar-refractivity contribution is 7.98. The number of rotatable bonds is 14. The summed E-state index contributed by atoms with van der Waals surface area (Å²) >= 11 is 1.75. The molecule has 0 saturated carbocycles. The lowest BCUT2D eigenvalue weighted by molar-refractivity contribution is -0.141. The number of hydrogen-bond donors (Lipinski definition) is 1. The molecule has 0 spiro atoms. The second kappa shape index (κ2) is 15.0. The van der Waals surface area contributed by atoms with E-state index in [0.29, 0.717) is 31.7 Å². The van der Waals surface area contributed by atoms with Crippen molar-refractivity contribution in [2.24, 2.45) is 0 Å². The SMILES string of the molecule is CCCCNC(=O)C(Cc1ccccc1)N(Cc1ccccc1)C(=O)CCSCc1ccccc1. The molecule has 2 amide bonds. The van der Waals surface area contributed by atoms with Crippen molar-refractivity contribution in [2.75, 3.05) is 12.3 Å².